The molecule has 0 aromatic heterocycles. The fourth-order valence-electron chi connectivity index (χ4n) is 1.38. The highest BCUT2D eigenvalue weighted by Crippen LogP contribution is 2.30. The average molecular weight is 232 g/mol. The van der Waals surface area contributed by atoms with E-state index in [4.69, 9.17) is 5.11 Å². The molecule has 0 fully saturated rings. The summed E-state index contributed by atoms with van der Waals surface area (Å²) in [5, 5.41) is 8.55. The number of halogens is 3. The summed E-state index contributed by atoms with van der Waals surface area (Å²) >= 11 is 0. The topological polar surface area (TPSA) is 37.3 Å². The fourth-order valence-corrected chi connectivity index (χ4v) is 1.38. The first-order valence-corrected chi connectivity index (χ1v) is 4.69. The van der Waals surface area contributed by atoms with E-state index >= 15 is 0 Å². The van der Waals surface area contributed by atoms with Crippen molar-refractivity contribution < 1.29 is 23.1 Å². The number of carboxylic acid groups (broad SMARTS) is 1. The number of carboxylic acids is 1. The van der Waals surface area contributed by atoms with Crippen molar-refractivity contribution in [3.05, 3.63) is 35.4 Å². The SMILES string of the molecule is C[C@@H](CC(=O)O)c1ccc(C(F)(F)F)cc1. The van der Waals surface area contributed by atoms with E-state index in [1.165, 1.54) is 12.1 Å². The standard InChI is InChI=1S/C11H11F3O2/c1-7(6-10(15)16)8-2-4-9(5-3-8)11(12,13)14/h2-5,7H,6H2,1H3,(H,15,16)/t7-/m0/s1. The van der Waals surface area contributed by atoms with Crippen LogP contribution in [0.5, 0.6) is 0 Å². The van der Waals surface area contributed by atoms with Gasteiger partial charge in [0.15, 0.2) is 0 Å². The van der Waals surface area contributed by atoms with Gasteiger partial charge in [-0.1, -0.05) is 19.1 Å². The summed E-state index contributed by atoms with van der Waals surface area (Å²) in [6.07, 6.45) is -4.44. The molecule has 0 unspecified atom stereocenters. The van der Waals surface area contributed by atoms with Gasteiger partial charge in [0.25, 0.3) is 0 Å². The van der Waals surface area contributed by atoms with Crippen molar-refractivity contribution in [3.8, 4) is 0 Å². The van der Waals surface area contributed by atoms with E-state index in [-0.39, 0.29) is 12.3 Å². The van der Waals surface area contributed by atoms with Gasteiger partial charge in [-0.05, 0) is 23.6 Å². The van der Waals surface area contributed by atoms with Crippen LogP contribution in [0.4, 0.5) is 13.2 Å². The highest BCUT2D eigenvalue weighted by atomic mass is 19.4. The molecule has 1 atom stereocenters. The van der Waals surface area contributed by atoms with Crippen LogP contribution >= 0.6 is 0 Å². The molecule has 1 rings (SSSR count). The molecule has 0 spiro atoms. The maximum absolute atomic E-state index is 12.2. The third kappa shape index (κ3) is 3.25. The van der Waals surface area contributed by atoms with Crippen molar-refractivity contribution in [2.45, 2.75) is 25.4 Å². The van der Waals surface area contributed by atoms with Crippen LogP contribution < -0.4 is 0 Å². The lowest BCUT2D eigenvalue weighted by Gasteiger charge is -2.11. The van der Waals surface area contributed by atoms with Crippen LogP contribution in [0.3, 0.4) is 0 Å². The van der Waals surface area contributed by atoms with E-state index < -0.39 is 17.7 Å². The zero-order valence-electron chi connectivity index (χ0n) is 8.58. The smallest absolute Gasteiger partial charge is 0.416 e. The zero-order chi connectivity index (χ0) is 12.3. The first kappa shape index (κ1) is 12.5. The van der Waals surface area contributed by atoms with Gasteiger partial charge in [-0.25, -0.2) is 0 Å². The summed E-state index contributed by atoms with van der Waals surface area (Å²) in [5.74, 6) is -1.26. The van der Waals surface area contributed by atoms with Crippen molar-refractivity contribution in [1.29, 1.82) is 0 Å². The summed E-state index contributed by atoms with van der Waals surface area (Å²) < 4.78 is 36.7. The monoisotopic (exact) mass is 232 g/mol. The van der Waals surface area contributed by atoms with Crippen molar-refractivity contribution in [1.82, 2.24) is 0 Å². The first-order chi connectivity index (χ1) is 7.30. The van der Waals surface area contributed by atoms with Crippen molar-refractivity contribution >= 4 is 5.97 Å². The maximum atomic E-state index is 12.2. The Bertz CT molecular complexity index is 368. The van der Waals surface area contributed by atoms with Crippen molar-refractivity contribution in [3.63, 3.8) is 0 Å². The molecule has 0 aliphatic rings. The molecule has 2 nitrogen and oxygen atoms in total. The van der Waals surface area contributed by atoms with Crippen molar-refractivity contribution in [2.24, 2.45) is 0 Å². The molecule has 0 radical (unpaired) electrons. The van der Waals surface area contributed by atoms with Gasteiger partial charge >= 0.3 is 12.1 Å². The Kier molecular flexibility index (Phi) is 3.57. The molecule has 1 aromatic carbocycles. The number of carbonyl (C=O) groups is 1. The number of rotatable bonds is 3. The van der Waals surface area contributed by atoms with E-state index in [1.807, 2.05) is 0 Å². The van der Waals surface area contributed by atoms with E-state index in [0.29, 0.717) is 5.56 Å². The molecule has 88 valence electrons. The summed E-state index contributed by atoms with van der Waals surface area (Å²) in [4.78, 5) is 10.4. The summed E-state index contributed by atoms with van der Waals surface area (Å²) in [7, 11) is 0. The molecule has 1 N–H and O–H groups in total. The largest absolute Gasteiger partial charge is 0.481 e. The summed E-state index contributed by atoms with van der Waals surface area (Å²) in [6, 6.07) is 4.56. The minimum atomic E-state index is -4.35. The molecule has 0 saturated heterocycles. The number of alkyl halides is 3. The van der Waals surface area contributed by atoms with Gasteiger partial charge in [0.05, 0.1) is 12.0 Å². The Morgan fingerprint density at radius 3 is 2.19 bits per heavy atom. The predicted molar refractivity (Wildman–Crippen MR) is 52.1 cm³/mol. The number of aliphatic carboxylic acids is 1. The molecule has 0 saturated carbocycles. The maximum Gasteiger partial charge on any atom is 0.416 e. The van der Waals surface area contributed by atoms with Crippen molar-refractivity contribution in [2.75, 3.05) is 0 Å². The molecule has 5 heteroatoms. The minimum Gasteiger partial charge on any atom is -0.481 e. The van der Waals surface area contributed by atoms with Crippen LogP contribution in [-0.4, -0.2) is 11.1 Å². The van der Waals surface area contributed by atoms with E-state index in [1.54, 1.807) is 6.92 Å². The normalized spacial score (nSPS) is 13.5. The van der Waals surface area contributed by atoms with Gasteiger partial charge < -0.3 is 5.11 Å². The van der Waals surface area contributed by atoms with E-state index in [9.17, 15) is 18.0 Å². The average Bonchev–Trinajstić information content (AvgIpc) is 2.15. The summed E-state index contributed by atoms with van der Waals surface area (Å²) in [6.45, 7) is 1.66. The van der Waals surface area contributed by atoms with Gasteiger partial charge in [0.2, 0.25) is 0 Å². The van der Waals surface area contributed by atoms with Crippen LogP contribution in [0.2, 0.25) is 0 Å². The Morgan fingerprint density at radius 1 is 1.31 bits per heavy atom. The van der Waals surface area contributed by atoms with Crippen LogP contribution in [0.15, 0.2) is 24.3 Å². The predicted octanol–water partition coefficient (Wildman–Crippen LogP) is 3.28. The Hall–Kier alpha value is -1.52. The lowest BCUT2D eigenvalue weighted by Crippen LogP contribution is -2.06. The van der Waals surface area contributed by atoms with Gasteiger partial charge in [-0.3, -0.25) is 4.79 Å². The van der Waals surface area contributed by atoms with Gasteiger partial charge in [-0.15, -0.1) is 0 Å². The highest BCUT2D eigenvalue weighted by molar-refractivity contribution is 5.67. The second-order valence-corrected chi connectivity index (χ2v) is 3.62. The van der Waals surface area contributed by atoms with Gasteiger partial charge in [0.1, 0.15) is 0 Å². The van der Waals surface area contributed by atoms with Crippen LogP contribution in [0, 0.1) is 0 Å². The number of hydrogen-bond donors (Lipinski definition) is 1. The third-order valence-electron chi connectivity index (χ3n) is 2.29. The van der Waals surface area contributed by atoms with Gasteiger partial charge in [-0.2, -0.15) is 13.2 Å². The number of benzene rings is 1. The molecule has 1 aromatic rings. The molecule has 0 aliphatic heterocycles. The lowest BCUT2D eigenvalue weighted by molar-refractivity contribution is -0.138. The molecule has 16 heavy (non-hydrogen) atoms. The van der Waals surface area contributed by atoms with Crippen LogP contribution in [0.25, 0.3) is 0 Å². The fraction of sp³-hybridized carbons (Fsp3) is 0.364. The van der Waals surface area contributed by atoms with Crippen LogP contribution in [0.1, 0.15) is 30.4 Å². The molecule has 0 aliphatic carbocycles. The molecule has 0 amide bonds. The Morgan fingerprint density at radius 2 is 1.81 bits per heavy atom. The third-order valence-corrected chi connectivity index (χ3v) is 2.29. The summed E-state index contributed by atoms with van der Waals surface area (Å²) in [5.41, 5.74) is -0.130. The van der Waals surface area contributed by atoms with Gasteiger partial charge in [0, 0.05) is 0 Å². The second kappa shape index (κ2) is 4.55. The quantitative estimate of drug-likeness (QED) is 0.868. The number of hydrogen-bond acceptors (Lipinski definition) is 1. The second-order valence-electron chi connectivity index (χ2n) is 3.62. The van der Waals surface area contributed by atoms with Crippen LogP contribution in [-0.2, 0) is 11.0 Å². The Balaban J connectivity index is 2.83. The lowest BCUT2D eigenvalue weighted by atomic mass is 9.97. The molecular formula is C11H11F3O2. The molecular weight excluding hydrogens is 221 g/mol. The zero-order valence-corrected chi connectivity index (χ0v) is 8.58. The van der Waals surface area contributed by atoms with E-state index in [0.717, 1.165) is 12.1 Å². The Labute approximate surface area is 90.7 Å². The van der Waals surface area contributed by atoms with E-state index in [2.05, 4.69) is 0 Å². The first-order valence-electron chi connectivity index (χ1n) is 4.69. The highest BCUT2D eigenvalue weighted by Gasteiger charge is 2.30. The minimum absolute atomic E-state index is 0.0919. The molecule has 0 bridgehead atoms. The molecule has 0 heterocycles.